The zero-order valence-corrected chi connectivity index (χ0v) is 21.0. The molecule has 1 aromatic rings. The molecule has 3 atom stereocenters. The van der Waals surface area contributed by atoms with Gasteiger partial charge in [0.15, 0.2) is 8.32 Å². The second-order valence-corrected chi connectivity index (χ2v) is 15.4. The Bertz CT molecular complexity index is 781. The Labute approximate surface area is 184 Å². The fourth-order valence-electron chi connectivity index (χ4n) is 4.18. The predicted octanol–water partition coefficient (Wildman–Crippen LogP) is 6.53. The Balaban J connectivity index is 2.09. The van der Waals surface area contributed by atoms with Crippen molar-refractivity contribution in [3.63, 3.8) is 0 Å². The first-order valence-electron chi connectivity index (χ1n) is 10.4. The van der Waals surface area contributed by atoms with E-state index in [1.54, 1.807) is 0 Å². The molecule has 29 heavy (non-hydrogen) atoms. The molecule has 0 spiro atoms. The largest absolute Gasteiger partial charge is 0.463 e. The van der Waals surface area contributed by atoms with Gasteiger partial charge < -0.3 is 13.9 Å². The first-order valence-corrected chi connectivity index (χ1v) is 14.1. The van der Waals surface area contributed by atoms with Gasteiger partial charge >= 0.3 is 5.97 Å². The summed E-state index contributed by atoms with van der Waals surface area (Å²) in [6.07, 6.45) is 5.93. The van der Waals surface area contributed by atoms with Gasteiger partial charge in [0.2, 0.25) is 11.5 Å². The quantitative estimate of drug-likeness (QED) is 0.362. The first-order chi connectivity index (χ1) is 13.5. The number of esters is 1. The summed E-state index contributed by atoms with van der Waals surface area (Å²) in [5, 5.41) is 0.0484. The Kier molecular flexibility index (Phi) is 6.38. The van der Waals surface area contributed by atoms with E-state index >= 15 is 0 Å². The third kappa shape index (κ3) is 4.49. The third-order valence-corrected chi connectivity index (χ3v) is 11.8. The van der Waals surface area contributed by atoms with Gasteiger partial charge in [-0.2, -0.15) is 0 Å². The lowest BCUT2D eigenvalue weighted by atomic mass is 9.71. The molecule has 0 radical (unpaired) electrons. The van der Waals surface area contributed by atoms with Crippen LogP contribution in [0.3, 0.4) is 0 Å². The monoisotopic (exact) mass is 480 g/mol. The van der Waals surface area contributed by atoms with Crippen LogP contribution in [0.5, 0.6) is 0 Å². The number of rotatable bonds is 4. The maximum Gasteiger partial charge on any atom is 0.373 e. The van der Waals surface area contributed by atoms with E-state index in [1.165, 1.54) is 12.7 Å². The SMILES string of the molecule is COC(=O)C1=C[C@H](c2ccc(Br)cc2)[C@H]2CCCC[C@]2(O[Si](C)(C)C(C)(C)C)O1. The van der Waals surface area contributed by atoms with Crippen molar-refractivity contribution in [2.75, 3.05) is 7.11 Å². The standard InChI is InChI=1S/C23H33BrO4Si/c1-22(2,3)29(5,6)28-23-14-8-7-9-19(23)18(15-20(27-23)21(25)26-4)16-10-12-17(24)13-11-16/h10-13,15,18-19H,7-9,14H2,1-6H3/t18-,19-,23-/m1/s1. The minimum absolute atomic E-state index is 0.0484. The number of carbonyl (C=O) groups is 1. The second-order valence-electron chi connectivity index (χ2n) is 9.73. The van der Waals surface area contributed by atoms with Gasteiger partial charge in [-0.1, -0.05) is 55.3 Å². The smallest absolute Gasteiger partial charge is 0.373 e. The van der Waals surface area contributed by atoms with Crippen LogP contribution >= 0.6 is 15.9 Å². The van der Waals surface area contributed by atoms with Crippen LogP contribution in [0.25, 0.3) is 0 Å². The van der Waals surface area contributed by atoms with E-state index < -0.39 is 20.1 Å². The van der Waals surface area contributed by atoms with E-state index in [1.807, 2.05) is 6.08 Å². The lowest BCUT2D eigenvalue weighted by Gasteiger charge is -2.53. The van der Waals surface area contributed by atoms with E-state index in [9.17, 15) is 4.79 Å². The highest BCUT2D eigenvalue weighted by atomic mass is 79.9. The molecule has 1 heterocycles. The first kappa shape index (κ1) is 22.6. The summed E-state index contributed by atoms with van der Waals surface area (Å²) in [7, 11) is -0.737. The predicted molar refractivity (Wildman–Crippen MR) is 121 cm³/mol. The van der Waals surface area contributed by atoms with Crippen molar-refractivity contribution in [2.45, 2.75) is 76.3 Å². The number of methoxy groups -OCH3 is 1. The van der Waals surface area contributed by atoms with Crippen LogP contribution in [0, 0.1) is 5.92 Å². The van der Waals surface area contributed by atoms with Gasteiger partial charge in [-0.25, -0.2) is 4.79 Å². The Morgan fingerprint density at radius 3 is 2.45 bits per heavy atom. The zero-order valence-electron chi connectivity index (χ0n) is 18.4. The van der Waals surface area contributed by atoms with Crippen LogP contribution in [-0.2, 0) is 18.7 Å². The number of hydrogen-bond donors (Lipinski definition) is 0. The van der Waals surface area contributed by atoms with Gasteiger partial charge in [0, 0.05) is 22.7 Å². The van der Waals surface area contributed by atoms with Crippen LogP contribution in [0.2, 0.25) is 18.1 Å². The normalized spacial score (nSPS) is 27.5. The number of halogens is 1. The zero-order chi connectivity index (χ0) is 21.4. The Morgan fingerprint density at radius 2 is 1.86 bits per heavy atom. The van der Waals surface area contributed by atoms with Gasteiger partial charge in [0.05, 0.1) is 7.11 Å². The summed E-state index contributed by atoms with van der Waals surface area (Å²) in [6, 6.07) is 8.35. The second kappa shape index (κ2) is 8.20. The Morgan fingerprint density at radius 1 is 1.21 bits per heavy atom. The number of ether oxygens (including phenoxy) is 2. The number of benzene rings is 1. The van der Waals surface area contributed by atoms with E-state index in [2.05, 4.69) is 74.1 Å². The molecule has 2 aliphatic rings. The molecule has 0 unspecified atom stereocenters. The fraction of sp³-hybridized carbons (Fsp3) is 0.609. The lowest BCUT2D eigenvalue weighted by Crippen LogP contribution is -2.58. The van der Waals surface area contributed by atoms with Crippen molar-refractivity contribution in [2.24, 2.45) is 5.92 Å². The minimum Gasteiger partial charge on any atom is -0.463 e. The Hall–Kier alpha value is -1.11. The average Bonchev–Trinajstić information content (AvgIpc) is 2.65. The summed E-state index contributed by atoms with van der Waals surface area (Å²) >= 11 is 3.52. The van der Waals surface area contributed by atoms with E-state index in [0.717, 1.165) is 30.2 Å². The molecule has 160 valence electrons. The molecule has 1 aliphatic carbocycles. The molecule has 1 fully saturated rings. The lowest BCUT2D eigenvalue weighted by molar-refractivity contribution is -0.232. The van der Waals surface area contributed by atoms with E-state index in [0.29, 0.717) is 0 Å². The molecule has 0 aromatic heterocycles. The highest BCUT2D eigenvalue weighted by Gasteiger charge is 2.56. The van der Waals surface area contributed by atoms with E-state index in [-0.39, 0.29) is 22.6 Å². The van der Waals surface area contributed by atoms with Crippen LogP contribution < -0.4 is 0 Å². The van der Waals surface area contributed by atoms with Gasteiger partial charge in [-0.15, -0.1) is 0 Å². The summed E-state index contributed by atoms with van der Waals surface area (Å²) in [5.41, 5.74) is 1.17. The fourth-order valence-corrected chi connectivity index (χ4v) is 5.91. The number of hydrogen-bond acceptors (Lipinski definition) is 4. The van der Waals surface area contributed by atoms with Crippen LogP contribution in [0.1, 0.15) is 57.9 Å². The molecule has 1 aliphatic heterocycles. The molecule has 0 bridgehead atoms. The van der Waals surface area contributed by atoms with Gasteiger partial charge in [-0.3, -0.25) is 0 Å². The summed E-state index contributed by atoms with van der Waals surface area (Å²) in [6.45, 7) is 11.2. The highest BCUT2D eigenvalue weighted by Crippen LogP contribution is 2.53. The minimum atomic E-state index is -2.14. The molecule has 0 N–H and O–H groups in total. The number of fused-ring (bicyclic) bond motifs is 1. The molecule has 6 heteroatoms. The highest BCUT2D eigenvalue weighted by molar-refractivity contribution is 9.10. The molecular formula is C23H33BrO4Si. The maximum absolute atomic E-state index is 12.5. The van der Waals surface area contributed by atoms with Crippen molar-refractivity contribution in [3.8, 4) is 0 Å². The van der Waals surface area contributed by atoms with Crippen molar-refractivity contribution >= 4 is 30.2 Å². The summed E-state index contributed by atoms with van der Waals surface area (Å²) < 4.78 is 19.5. The summed E-state index contributed by atoms with van der Waals surface area (Å²) in [5.74, 6) is -0.723. The average molecular weight is 482 g/mol. The molecule has 4 nitrogen and oxygen atoms in total. The van der Waals surface area contributed by atoms with Crippen molar-refractivity contribution in [3.05, 3.63) is 46.1 Å². The van der Waals surface area contributed by atoms with Crippen LogP contribution in [-0.4, -0.2) is 27.2 Å². The maximum atomic E-state index is 12.5. The van der Waals surface area contributed by atoms with E-state index in [4.69, 9.17) is 13.9 Å². The topological polar surface area (TPSA) is 44.8 Å². The van der Waals surface area contributed by atoms with Gasteiger partial charge in [-0.05, 0) is 54.7 Å². The molecule has 0 saturated heterocycles. The van der Waals surface area contributed by atoms with Crippen molar-refractivity contribution in [1.82, 2.24) is 0 Å². The van der Waals surface area contributed by atoms with Gasteiger partial charge in [0.25, 0.3) is 0 Å². The van der Waals surface area contributed by atoms with Crippen LogP contribution in [0.15, 0.2) is 40.6 Å². The molecule has 0 amide bonds. The molecule has 1 saturated carbocycles. The molecular weight excluding hydrogens is 448 g/mol. The van der Waals surface area contributed by atoms with Crippen LogP contribution in [0.4, 0.5) is 0 Å². The molecule has 1 aromatic carbocycles. The number of allylic oxidation sites excluding steroid dienone is 1. The molecule has 3 rings (SSSR count). The third-order valence-electron chi connectivity index (χ3n) is 6.78. The van der Waals surface area contributed by atoms with Gasteiger partial charge in [0.1, 0.15) is 0 Å². The van der Waals surface area contributed by atoms with Crippen molar-refractivity contribution in [1.29, 1.82) is 0 Å². The van der Waals surface area contributed by atoms with Crippen molar-refractivity contribution < 1.29 is 18.7 Å². The summed E-state index contributed by atoms with van der Waals surface area (Å²) in [4.78, 5) is 12.5. The number of carbonyl (C=O) groups excluding carboxylic acids is 1.